The molecular weight excluding hydrogens is 268 g/mol. The van der Waals surface area contributed by atoms with Crippen molar-refractivity contribution < 1.29 is 14.7 Å². The summed E-state index contributed by atoms with van der Waals surface area (Å²) < 4.78 is 0. The number of rotatable bonds is 3. The lowest BCUT2D eigenvalue weighted by Crippen LogP contribution is -2.39. The molecule has 21 heavy (non-hydrogen) atoms. The van der Waals surface area contributed by atoms with Crippen molar-refractivity contribution in [1.82, 2.24) is 5.32 Å². The fraction of sp³-hybridized carbons (Fsp3) is 0.500. The quantitative estimate of drug-likeness (QED) is 0.890. The molecule has 112 valence electrons. The summed E-state index contributed by atoms with van der Waals surface area (Å²) >= 11 is 0. The number of hydrogen-bond acceptors (Lipinski definition) is 3. The molecule has 2 heterocycles. The largest absolute Gasteiger partial charge is 0.478 e. The molecule has 1 atom stereocenters. The van der Waals surface area contributed by atoms with E-state index in [1.807, 2.05) is 4.90 Å². The van der Waals surface area contributed by atoms with Crippen molar-refractivity contribution in [2.24, 2.45) is 0 Å². The van der Waals surface area contributed by atoms with E-state index in [2.05, 4.69) is 5.32 Å². The molecule has 1 saturated heterocycles. The fourth-order valence-electron chi connectivity index (χ4n) is 3.24. The summed E-state index contributed by atoms with van der Waals surface area (Å²) in [7, 11) is 0. The van der Waals surface area contributed by atoms with Gasteiger partial charge in [0, 0.05) is 24.7 Å². The second kappa shape index (κ2) is 5.85. The minimum absolute atomic E-state index is 0.137. The molecule has 2 aliphatic rings. The van der Waals surface area contributed by atoms with Crippen LogP contribution in [-0.4, -0.2) is 36.1 Å². The summed E-state index contributed by atoms with van der Waals surface area (Å²) in [5.41, 5.74) is 2.14. The first-order valence-corrected chi connectivity index (χ1v) is 7.55. The van der Waals surface area contributed by atoms with Crippen LogP contribution in [0.25, 0.3) is 0 Å². The number of carbonyl (C=O) groups is 2. The van der Waals surface area contributed by atoms with Crippen LogP contribution in [0.5, 0.6) is 0 Å². The number of aromatic carboxylic acids is 1. The van der Waals surface area contributed by atoms with Crippen molar-refractivity contribution in [2.75, 3.05) is 18.0 Å². The Labute approximate surface area is 123 Å². The van der Waals surface area contributed by atoms with Crippen LogP contribution in [-0.2, 0) is 11.2 Å². The van der Waals surface area contributed by atoms with Gasteiger partial charge in [-0.3, -0.25) is 4.79 Å². The summed E-state index contributed by atoms with van der Waals surface area (Å²) in [5.74, 6) is -0.783. The molecular formula is C16H20N2O3. The average Bonchev–Trinajstić information content (AvgIpc) is 2.98. The second-order valence-corrected chi connectivity index (χ2v) is 5.79. The van der Waals surface area contributed by atoms with E-state index in [-0.39, 0.29) is 5.91 Å². The number of amides is 1. The maximum Gasteiger partial charge on any atom is 0.335 e. The van der Waals surface area contributed by atoms with Gasteiger partial charge in [-0.25, -0.2) is 4.79 Å². The Hall–Kier alpha value is -1.88. The molecule has 0 aliphatic carbocycles. The lowest BCUT2D eigenvalue weighted by Gasteiger charge is -2.30. The van der Waals surface area contributed by atoms with Gasteiger partial charge in [-0.15, -0.1) is 0 Å². The molecule has 3 rings (SSSR count). The molecule has 1 amide bonds. The van der Waals surface area contributed by atoms with Crippen LogP contribution < -0.4 is 10.2 Å². The number of fused-ring (bicyclic) bond motifs is 1. The van der Waals surface area contributed by atoms with Crippen molar-refractivity contribution >= 4 is 17.6 Å². The Morgan fingerprint density at radius 2 is 2.19 bits per heavy atom. The maximum absolute atomic E-state index is 12.5. The van der Waals surface area contributed by atoms with Crippen LogP contribution in [0, 0.1) is 0 Å². The lowest BCUT2D eigenvalue weighted by atomic mass is 9.98. The Morgan fingerprint density at radius 1 is 1.33 bits per heavy atom. The van der Waals surface area contributed by atoms with E-state index in [4.69, 9.17) is 5.11 Å². The number of aryl methyl sites for hydroxylation is 1. The average molecular weight is 288 g/mol. The zero-order chi connectivity index (χ0) is 14.8. The number of hydrogen-bond donors (Lipinski definition) is 2. The topological polar surface area (TPSA) is 69.6 Å². The highest BCUT2D eigenvalue weighted by atomic mass is 16.4. The van der Waals surface area contributed by atoms with Crippen LogP contribution >= 0.6 is 0 Å². The molecule has 1 aromatic carbocycles. The number of nitrogens with zero attached hydrogens (tertiary/aromatic N) is 1. The van der Waals surface area contributed by atoms with E-state index in [0.717, 1.165) is 50.0 Å². The number of nitrogens with one attached hydrogen (secondary N) is 1. The third-order valence-corrected chi connectivity index (χ3v) is 4.33. The monoisotopic (exact) mass is 288 g/mol. The van der Waals surface area contributed by atoms with Crippen LogP contribution in [0.2, 0.25) is 0 Å². The minimum atomic E-state index is -0.920. The van der Waals surface area contributed by atoms with E-state index in [1.54, 1.807) is 18.2 Å². The van der Waals surface area contributed by atoms with E-state index in [9.17, 15) is 9.59 Å². The van der Waals surface area contributed by atoms with Crippen molar-refractivity contribution in [2.45, 2.75) is 38.1 Å². The van der Waals surface area contributed by atoms with Crippen LogP contribution in [0.1, 0.15) is 41.6 Å². The van der Waals surface area contributed by atoms with Gasteiger partial charge in [0.25, 0.3) is 0 Å². The van der Waals surface area contributed by atoms with E-state index in [1.165, 1.54) is 0 Å². The lowest BCUT2D eigenvalue weighted by molar-refractivity contribution is -0.119. The van der Waals surface area contributed by atoms with E-state index < -0.39 is 5.97 Å². The van der Waals surface area contributed by atoms with Gasteiger partial charge in [-0.05, 0) is 56.0 Å². The first kappa shape index (κ1) is 14.1. The molecule has 1 unspecified atom stereocenters. The fourth-order valence-corrected chi connectivity index (χ4v) is 3.24. The molecule has 5 heteroatoms. The maximum atomic E-state index is 12.5. The van der Waals surface area contributed by atoms with Crippen LogP contribution in [0.15, 0.2) is 18.2 Å². The molecule has 0 radical (unpaired) electrons. The van der Waals surface area contributed by atoms with Gasteiger partial charge in [0.1, 0.15) is 0 Å². The highest BCUT2D eigenvalue weighted by molar-refractivity contribution is 5.96. The van der Waals surface area contributed by atoms with Crippen LogP contribution in [0.3, 0.4) is 0 Å². The van der Waals surface area contributed by atoms with Gasteiger partial charge >= 0.3 is 5.97 Å². The summed E-state index contributed by atoms with van der Waals surface area (Å²) in [6.45, 7) is 1.72. The zero-order valence-corrected chi connectivity index (χ0v) is 12.0. The summed E-state index contributed by atoms with van der Waals surface area (Å²) in [4.78, 5) is 25.4. The van der Waals surface area contributed by atoms with Gasteiger partial charge < -0.3 is 15.3 Å². The highest BCUT2D eigenvalue weighted by Crippen LogP contribution is 2.29. The third-order valence-electron chi connectivity index (χ3n) is 4.33. The highest BCUT2D eigenvalue weighted by Gasteiger charge is 2.26. The molecule has 2 aliphatic heterocycles. The molecule has 1 fully saturated rings. The van der Waals surface area contributed by atoms with E-state index >= 15 is 0 Å². The number of carboxylic acid groups (broad SMARTS) is 1. The molecule has 1 aromatic rings. The normalized spacial score (nSPS) is 21.1. The minimum Gasteiger partial charge on any atom is -0.478 e. The molecule has 0 bridgehead atoms. The Kier molecular flexibility index (Phi) is 3.92. The van der Waals surface area contributed by atoms with Crippen molar-refractivity contribution in [3.05, 3.63) is 29.3 Å². The summed E-state index contributed by atoms with van der Waals surface area (Å²) in [6.07, 6.45) is 4.45. The summed E-state index contributed by atoms with van der Waals surface area (Å²) in [6, 6.07) is 5.35. The third kappa shape index (κ3) is 2.93. The van der Waals surface area contributed by atoms with Gasteiger partial charge in [-0.2, -0.15) is 0 Å². The Balaban J connectivity index is 1.79. The number of benzene rings is 1. The first-order chi connectivity index (χ1) is 10.1. The standard InChI is InChI=1S/C16H20N2O3/c19-15(10-13-4-1-7-17-13)18-8-2-3-11-9-12(16(20)21)5-6-14(11)18/h5-6,9,13,17H,1-4,7-8,10H2,(H,20,21). The Bertz CT molecular complexity index is 565. The molecule has 2 N–H and O–H groups in total. The molecule has 0 saturated carbocycles. The van der Waals surface area contributed by atoms with Gasteiger partial charge in [0.2, 0.25) is 5.91 Å². The van der Waals surface area contributed by atoms with Crippen molar-refractivity contribution in [1.29, 1.82) is 0 Å². The first-order valence-electron chi connectivity index (χ1n) is 7.55. The van der Waals surface area contributed by atoms with Crippen LogP contribution in [0.4, 0.5) is 5.69 Å². The Morgan fingerprint density at radius 3 is 2.90 bits per heavy atom. The van der Waals surface area contributed by atoms with Gasteiger partial charge in [0.05, 0.1) is 5.56 Å². The van der Waals surface area contributed by atoms with E-state index in [0.29, 0.717) is 18.0 Å². The summed E-state index contributed by atoms with van der Waals surface area (Å²) in [5, 5.41) is 12.4. The van der Waals surface area contributed by atoms with Gasteiger partial charge in [-0.1, -0.05) is 0 Å². The molecule has 0 spiro atoms. The van der Waals surface area contributed by atoms with Crippen molar-refractivity contribution in [3.63, 3.8) is 0 Å². The smallest absolute Gasteiger partial charge is 0.335 e. The zero-order valence-electron chi connectivity index (χ0n) is 12.0. The molecule has 5 nitrogen and oxygen atoms in total. The predicted molar refractivity (Wildman–Crippen MR) is 79.7 cm³/mol. The predicted octanol–water partition coefficient (Wildman–Crippen LogP) is 1.81. The van der Waals surface area contributed by atoms with Gasteiger partial charge in [0.15, 0.2) is 0 Å². The molecule has 0 aromatic heterocycles. The number of carboxylic acids is 1. The number of carbonyl (C=O) groups excluding carboxylic acids is 1. The second-order valence-electron chi connectivity index (χ2n) is 5.79. The number of anilines is 1. The SMILES string of the molecule is O=C(O)c1ccc2c(c1)CCCN2C(=O)CC1CCCN1. The van der Waals surface area contributed by atoms with Crippen molar-refractivity contribution in [3.8, 4) is 0 Å².